The molecule has 0 aliphatic carbocycles. The average molecular weight is 301 g/mol. The highest BCUT2D eigenvalue weighted by atomic mass is 19.1. The highest BCUT2D eigenvalue weighted by molar-refractivity contribution is 5.49. The van der Waals surface area contributed by atoms with Crippen molar-refractivity contribution in [2.45, 2.75) is 12.6 Å². The minimum absolute atomic E-state index is 0.0479. The van der Waals surface area contributed by atoms with Crippen molar-refractivity contribution < 1.29 is 13.9 Å². The first-order valence-corrected chi connectivity index (χ1v) is 6.70. The summed E-state index contributed by atoms with van der Waals surface area (Å²) >= 11 is 0. The Morgan fingerprint density at radius 1 is 1.09 bits per heavy atom. The van der Waals surface area contributed by atoms with Crippen molar-refractivity contribution in [3.05, 3.63) is 72.2 Å². The second kappa shape index (κ2) is 6.03. The van der Waals surface area contributed by atoms with Gasteiger partial charge in [0.2, 0.25) is 0 Å². The number of hydrogen-bond donors (Lipinski definition) is 1. The summed E-state index contributed by atoms with van der Waals surface area (Å²) in [6.07, 6.45) is 3.67. The lowest BCUT2D eigenvalue weighted by Crippen LogP contribution is -2.11. The van der Waals surface area contributed by atoms with Crippen molar-refractivity contribution in [2.75, 3.05) is 0 Å². The Balaban J connectivity index is 1.88. The van der Waals surface area contributed by atoms with Gasteiger partial charge in [0.25, 0.3) is 0 Å². The van der Waals surface area contributed by atoms with Crippen LogP contribution in [0.5, 0.6) is 0 Å². The zero-order chi connectivity index (χ0) is 15.5. The van der Waals surface area contributed by atoms with Crippen LogP contribution in [0.4, 0.5) is 8.78 Å². The molecule has 112 valence electrons. The number of rotatable bonds is 4. The van der Waals surface area contributed by atoms with E-state index >= 15 is 0 Å². The van der Waals surface area contributed by atoms with Crippen molar-refractivity contribution in [3.63, 3.8) is 0 Å². The Hall–Kier alpha value is -2.60. The van der Waals surface area contributed by atoms with Gasteiger partial charge in [-0.2, -0.15) is 0 Å². The van der Waals surface area contributed by atoms with E-state index in [0.717, 1.165) is 18.2 Å². The van der Waals surface area contributed by atoms with E-state index in [1.165, 1.54) is 0 Å². The zero-order valence-corrected chi connectivity index (χ0v) is 11.5. The van der Waals surface area contributed by atoms with Crippen LogP contribution >= 0.6 is 0 Å². The molecule has 1 N–H and O–H groups in total. The van der Waals surface area contributed by atoms with Gasteiger partial charge in [-0.1, -0.05) is 6.07 Å². The summed E-state index contributed by atoms with van der Waals surface area (Å²) < 4.78 is 28.6. The molecule has 1 atom stereocenters. The minimum Gasteiger partial charge on any atom is -0.386 e. The van der Waals surface area contributed by atoms with Crippen molar-refractivity contribution in [2.24, 2.45) is 0 Å². The third-order valence-electron chi connectivity index (χ3n) is 3.30. The number of pyridine rings is 1. The summed E-state index contributed by atoms with van der Waals surface area (Å²) in [7, 11) is 0. The maximum atomic E-state index is 13.7. The molecule has 3 rings (SSSR count). The maximum absolute atomic E-state index is 13.7. The summed E-state index contributed by atoms with van der Waals surface area (Å²) in [5, 5.41) is 10.2. The van der Waals surface area contributed by atoms with E-state index in [2.05, 4.69) is 9.97 Å². The second-order valence-electron chi connectivity index (χ2n) is 4.80. The van der Waals surface area contributed by atoms with Crippen LogP contribution in [-0.4, -0.2) is 19.6 Å². The number of hydrogen-bond acceptors (Lipinski definition) is 3. The van der Waals surface area contributed by atoms with Gasteiger partial charge in [-0.05, 0) is 30.3 Å². The van der Waals surface area contributed by atoms with Crippen molar-refractivity contribution in [3.8, 4) is 11.5 Å². The van der Waals surface area contributed by atoms with Gasteiger partial charge < -0.3 is 9.67 Å². The molecule has 2 heterocycles. The lowest BCUT2D eigenvalue weighted by Gasteiger charge is -2.14. The molecule has 0 aliphatic rings. The van der Waals surface area contributed by atoms with Crippen LogP contribution in [0, 0.1) is 11.6 Å². The Morgan fingerprint density at radius 2 is 1.95 bits per heavy atom. The molecule has 0 bridgehead atoms. The van der Waals surface area contributed by atoms with E-state index in [1.807, 2.05) is 6.07 Å². The van der Waals surface area contributed by atoms with Gasteiger partial charge in [0.05, 0.1) is 12.6 Å². The highest BCUT2D eigenvalue weighted by Crippen LogP contribution is 2.22. The first-order chi connectivity index (χ1) is 10.6. The van der Waals surface area contributed by atoms with Gasteiger partial charge in [-0.3, -0.25) is 4.98 Å². The fourth-order valence-electron chi connectivity index (χ4n) is 2.24. The molecule has 22 heavy (non-hydrogen) atoms. The van der Waals surface area contributed by atoms with E-state index < -0.39 is 17.7 Å². The Morgan fingerprint density at radius 3 is 2.73 bits per heavy atom. The van der Waals surface area contributed by atoms with Crippen LogP contribution in [0.1, 0.15) is 11.7 Å². The van der Waals surface area contributed by atoms with Crippen molar-refractivity contribution in [1.82, 2.24) is 14.5 Å². The Kier molecular flexibility index (Phi) is 3.93. The second-order valence-corrected chi connectivity index (χ2v) is 4.80. The van der Waals surface area contributed by atoms with Crippen LogP contribution in [0.3, 0.4) is 0 Å². The average Bonchev–Trinajstić information content (AvgIpc) is 2.98. The predicted molar refractivity (Wildman–Crippen MR) is 76.8 cm³/mol. The molecule has 1 unspecified atom stereocenters. The molecule has 1 aromatic carbocycles. The third-order valence-corrected chi connectivity index (χ3v) is 3.30. The van der Waals surface area contributed by atoms with Gasteiger partial charge in [0.15, 0.2) is 5.82 Å². The summed E-state index contributed by atoms with van der Waals surface area (Å²) in [5.41, 5.74) is 0.556. The van der Waals surface area contributed by atoms with Gasteiger partial charge in [0, 0.05) is 24.2 Å². The van der Waals surface area contributed by atoms with Crippen molar-refractivity contribution in [1.29, 1.82) is 0 Å². The van der Waals surface area contributed by atoms with Crippen LogP contribution in [-0.2, 0) is 6.54 Å². The van der Waals surface area contributed by atoms with Gasteiger partial charge in [-0.15, -0.1) is 0 Å². The Bertz CT molecular complexity index is 774. The molecule has 0 spiro atoms. The molecule has 2 aromatic heterocycles. The van der Waals surface area contributed by atoms with Gasteiger partial charge >= 0.3 is 0 Å². The van der Waals surface area contributed by atoms with Crippen LogP contribution in [0.25, 0.3) is 11.5 Å². The first-order valence-electron chi connectivity index (χ1n) is 6.70. The fraction of sp³-hybridized carbons (Fsp3) is 0.125. The van der Waals surface area contributed by atoms with Crippen molar-refractivity contribution >= 4 is 0 Å². The number of aliphatic hydroxyl groups excluding tert-OH is 1. The van der Waals surface area contributed by atoms with E-state index in [9.17, 15) is 13.9 Å². The number of imidazole rings is 1. The SMILES string of the molecule is OC(Cn1ccnc1-c1ccccn1)c1cc(F)ccc1F. The molecule has 0 aliphatic heterocycles. The van der Waals surface area contributed by atoms with Crippen LogP contribution < -0.4 is 0 Å². The number of nitrogens with zero attached hydrogens (tertiary/aromatic N) is 3. The smallest absolute Gasteiger partial charge is 0.158 e. The summed E-state index contributed by atoms with van der Waals surface area (Å²) in [6, 6.07) is 8.41. The van der Waals surface area contributed by atoms with Gasteiger partial charge in [-0.25, -0.2) is 13.8 Å². The fourth-order valence-corrected chi connectivity index (χ4v) is 2.24. The third kappa shape index (κ3) is 2.87. The normalized spacial score (nSPS) is 12.3. The molecule has 6 heteroatoms. The lowest BCUT2D eigenvalue weighted by molar-refractivity contribution is 0.152. The minimum atomic E-state index is -1.19. The zero-order valence-electron chi connectivity index (χ0n) is 11.5. The molecular weight excluding hydrogens is 288 g/mol. The predicted octanol–water partition coefficient (Wildman–Crippen LogP) is 2.96. The van der Waals surface area contributed by atoms with Crippen LogP contribution in [0.15, 0.2) is 55.0 Å². The highest BCUT2D eigenvalue weighted by Gasteiger charge is 2.16. The summed E-state index contributed by atoms with van der Waals surface area (Å²) in [6.45, 7) is 0.0479. The molecule has 3 aromatic rings. The van der Waals surface area contributed by atoms with Crippen LogP contribution in [0.2, 0.25) is 0 Å². The molecule has 0 saturated heterocycles. The lowest BCUT2D eigenvalue weighted by atomic mass is 10.1. The Labute approximate surface area is 125 Å². The van der Waals surface area contributed by atoms with E-state index in [0.29, 0.717) is 11.5 Å². The van der Waals surface area contributed by atoms with Gasteiger partial charge in [0.1, 0.15) is 17.3 Å². The molecule has 0 saturated carbocycles. The summed E-state index contributed by atoms with van der Waals surface area (Å²) in [4.78, 5) is 8.39. The molecule has 0 fully saturated rings. The molecule has 0 amide bonds. The monoisotopic (exact) mass is 301 g/mol. The number of benzene rings is 1. The standard InChI is InChI=1S/C16H13F2N3O/c17-11-4-5-13(18)12(9-11)15(22)10-21-8-7-20-16(21)14-3-1-2-6-19-14/h1-9,15,22H,10H2. The number of halogens is 2. The maximum Gasteiger partial charge on any atom is 0.158 e. The number of aromatic nitrogens is 3. The number of aliphatic hydroxyl groups is 1. The quantitative estimate of drug-likeness (QED) is 0.806. The largest absolute Gasteiger partial charge is 0.386 e. The van der Waals surface area contributed by atoms with E-state index in [1.54, 1.807) is 35.3 Å². The van der Waals surface area contributed by atoms with E-state index in [-0.39, 0.29) is 12.1 Å². The molecule has 4 nitrogen and oxygen atoms in total. The van der Waals surface area contributed by atoms with E-state index in [4.69, 9.17) is 0 Å². The summed E-state index contributed by atoms with van der Waals surface area (Å²) in [5.74, 6) is -0.684. The topological polar surface area (TPSA) is 50.9 Å². The first kappa shape index (κ1) is 14.3. The molecule has 0 radical (unpaired) electrons. The molecular formula is C16H13F2N3O.